The van der Waals surface area contributed by atoms with E-state index in [2.05, 4.69) is 12.2 Å². The number of amides is 1. The molecule has 3 aliphatic rings. The highest BCUT2D eigenvalue weighted by Crippen LogP contribution is 2.58. The Morgan fingerprint density at radius 1 is 1.26 bits per heavy atom. The molecular weight excluding hydrogens is 236 g/mol. The summed E-state index contributed by atoms with van der Waals surface area (Å²) in [6, 6.07) is 0.491. The van der Waals surface area contributed by atoms with Gasteiger partial charge in [0.25, 0.3) is 0 Å². The molecule has 0 radical (unpaired) electrons. The summed E-state index contributed by atoms with van der Waals surface area (Å²) in [4.78, 5) is 12.0. The van der Waals surface area contributed by atoms with E-state index in [1.165, 1.54) is 32.1 Å². The number of rotatable bonds is 5. The molecule has 3 fully saturated rings. The third-order valence-electron chi connectivity index (χ3n) is 6.04. The Balaban J connectivity index is 1.48. The van der Waals surface area contributed by atoms with Crippen molar-refractivity contribution >= 4 is 5.91 Å². The summed E-state index contributed by atoms with van der Waals surface area (Å²) in [5, 5.41) is 3.32. The van der Waals surface area contributed by atoms with Gasteiger partial charge in [0, 0.05) is 12.5 Å². The molecule has 19 heavy (non-hydrogen) atoms. The minimum atomic E-state index is 0.257. The molecule has 3 aliphatic carbocycles. The van der Waals surface area contributed by atoms with Crippen molar-refractivity contribution in [2.75, 3.05) is 6.54 Å². The van der Waals surface area contributed by atoms with Crippen LogP contribution < -0.4 is 11.1 Å². The lowest BCUT2D eigenvalue weighted by Gasteiger charge is -2.32. The van der Waals surface area contributed by atoms with Gasteiger partial charge in [-0.2, -0.15) is 0 Å². The zero-order chi connectivity index (χ0) is 13.4. The van der Waals surface area contributed by atoms with E-state index in [4.69, 9.17) is 5.73 Å². The first-order valence-electron chi connectivity index (χ1n) is 8.18. The summed E-state index contributed by atoms with van der Waals surface area (Å²) in [6.07, 6.45) is 8.53. The lowest BCUT2D eigenvalue weighted by Crippen LogP contribution is -2.42. The van der Waals surface area contributed by atoms with Gasteiger partial charge in [-0.25, -0.2) is 0 Å². The number of carbonyl (C=O) groups excluding carboxylic acids is 1. The molecule has 6 unspecified atom stereocenters. The fraction of sp³-hybridized carbons (Fsp3) is 0.938. The second kappa shape index (κ2) is 5.43. The van der Waals surface area contributed by atoms with Crippen molar-refractivity contribution in [2.45, 2.75) is 57.9 Å². The van der Waals surface area contributed by atoms with E-state index in [-0.39, 0.29) is 5.91 Å². The molecule has 1 amide bonds. The molecule has 0 saturated heterocycles. The number of fused-ring (bicyclic) bond motifs is 5. The first-order chi connectivity index (χ1) is 9.19. The quantitative estimate of drug-likeness (QED) is 0.800. The van der Waals surface area contributed by atoms with E-state index in [1.807, 2.05) is 0 Å². The van der Waals surface area contributed by atoms with Gasteiger partial charge < -0.3 is 11.1 Å². The van der Waals surface area contributed by atoms with Crippen LogP contribution in [0.2, 0.25) is 0 Å². The molecule has 3 nitrogen and oxygen atoms in total. The van der Waals surface area contributed by atoms with E-state index in [0.717, 1.165) is 30.1 Å². The average Bonchev–Trinajstić information content (AvgIpc) is 3.07. The van der Waals surface area contributed by atoms with Crippen molar-refractivity contribution < 1.29 is 4.79 Å². The third-order valence-corrected chi connectivity index (χ3v) is 6.04. The summed E-state index contributed by atoms with van der Waals surface area (Å²) in [6.45, 7) is 2.80. The van der Waals surface area contributed by atoms with Crippen molar-refractivity contribution in [3.05, 3.63) is 0 Å². The van der Waals surface area contributed by atoms with Crippen molar-refractivity contribution in [3.8, 4) is 0 Å². The molecule has 0 aliphatic heterocycles. The van der Waals surface area contributed by atoms with Crippen LogP contribution in [0.25, 0.3) is 0 Å². The summed E-state index contributed by atoms with van der Waals surface area (Å²) >= 11 is 0. The highest BCUT2D eigenvalue weighted by atomic mass is 16.1. The van der Waals surface area contributed by atoms with Gasteiger partial charge in [0.1, 0.15) is 0 Å². The summed E-state index contributed by atoms with van der Waals surface area (Å²) in [7, 11) is 0. The van der Waals surface area contributed by atoms with Crippen LogP contribution in [-0.4, -0.2) is 18.5 Å². The lowest BCUT2D eigenvalue weighted by molar-refractivity contribution is -0.122. The van der Waals surface area contributed by atoms with E-state index in [0.29, 0.717) is 24.9 Å². The Kier molecular flexibility index (Phi) is 3.84. The van der Waals surface area contributed by atoms with Gasteiger partial charge in [0.2, 0.25) is 5.91 Å². The molecule has 3 heteroatoms. The van der Waals surface area contributed by atoms with Gasteiger partial charge >= 0.3 is 0 Å². The van der Waals surface area contributed by atoms with Crippen molar-refractivity contribution in [1.82, 2.24) is 5.32 Å². The molecule has 3 N–H and O–H groups in total. The maximum absolute atomic E-state index is 12.0. The zero-order valence-electron chi connectivity index (χ0n) is 12.1. The molecule has 0 aromatic carbocycles. The van der Waals surface area contributed by atoms with Gasteiger partial charge in [0.05, 0.1) is 0 Å². The van der Waals surface area contributed by atoms with Crippen LogP contribution >= 0.6 is 0 Å². The summed E-state index contributed by atoms with van der Waals surface area (Å²) < 4.78 is 0. The van der Waals surface area contributed by atoms with Gasteiger partial charge in [-0.3, -0.25) is 4.79 Å². The number of nitrogens with two attached hydrogens (primary N) is 1. The van der Waals surface area contributed by atoms with Gasteiger partial charge in [0.15, 0.2) is 0 Å². The predicted molar refractivity (Wildman–Crippen MR) is 76.4 cm³/mol. The molecule has 2 bridgehead atoms. The molecule has 3 rings (SSSR count). The fourth-order valence-corrected chi connectivity index (χ4v) is 5.01. The van der Waals surface area contributed by atoms with Gasteiger partial charge in [-0.05, 0) is 68.2 Å². The molecule has 0 aromatic rings. The van der Waals surface area contributed by atoms with Crippen LogP contribution in [0.4, 0.5) is 0 Å². The van der Waals surface area contributed by atoms with Crippen molar-refractivity contribution in [1.29, 1.82) is 0 Å². The molecule has 6 atom stereocenters. The minimum absolute atomic E-state index is 0.257. The Morgan fingerprint density at radius 2 is 2.05 bits per heavy atom. The maximum atomic E-state index is 12.0. The average molecular weight is 264 g/mol. The van der Waals surface area contributed by atoms with Gasteiger partial charge in [-0.15, -0.1) is 0 Å². The molecule has 3 saturated carbocycles. The standard InChI is InChI=1S/C16H28N2O/c1-10(9-17)5-6-16(19)18-15-8-11-7-14(15)13-4-2-3-12(11)13/h10-15H,2-9,17H2,1H3,(H,18,19). The maximum Gasteiger partial charge on any atom is 0.220 e. The lowest BCUT2D eigenvalue weighted by atomic mass is 9.79. The second-order valence-electron chi connectivity index (χ2n) is 7.21. The van der Waals surface area contributed by atoms with E-state index >= 15 is 0 Å². The number of nitrogens with one attached hydrogen (secondary N) is 1. The predicted octanol–water partition coefficient (Wildman–Crippen LogP) is 2.30. The monoisotopic (exact) mass is 264 g/mol. The van der Waals surface area contributed by atoms with Crippen LogP contribution in [0, 0.1) is 29.6 Å². The highest BCUT2D eigenvalue weighted by molar-refractivity contribution is 5.76. The SMILES string of the molecule is CC(CN)CCC(=O)NC1CC2CC1C1CCCC21. The molecule has 0 spiro atoms. The largest absolute Gasteiger partial charge is 0.353 e. The molecule has 108 valence electrons. The molecule has 0 aromatic heterocycles. The third kappa shape index (κ3) is 2.54. The normalized spacial score (nSPS) is 41.3. The topological polar surface area (TPSA) is 55.1 Å². The second-order valence-corrected chi connectivity index (χ2v) is 7.21. The van der Waals surface area contributed by atoms with Crippen LogP contribution in [0.3, 0.4) is 0 Å². The van der Waals surface area contributed by atoms with E-state index < -0.39 is 0 Å². The fourth-order valence-electron chi connectivity index (χ4n) is 5.01. The number of hydrogen-bond acceptors (Lipinski definition) is 2. The van der Waals surface area contributed by atoms with Crippen molar-refractivity contribution in [2.24, 2.45) is 35.3 Å². The number of hydrogen-bond donors (Lipinski definition) is 2. The van der Waals surface area contributed by atoms with Crippen LogP contribution in [0.5, 0.6) is 0 Å². The zero-order valence-corrected chi connectivity index (χ0v) is 12.1. The minimum Gasteiger partial charge on any atom is -0.353 e. The Labute approximate surface area is 116 Å². The van der Waals surface area contributed by atoms with E-state index in [1.54, 1.807) is 0 Å². The van der Waals surface area contributed by atoms with Gasteiger partial charge in [-0.1, -0.05) is 13.3 Å². The first-order valence-corrected chi connectivity index (χ1v) is 8.18. The van der Waals surface area contributed by atoms with Crippen LogP contribution in [-0.2, 0) is 4.79 Å². The Hall–Kier alpha value is -0.570. The van der Waals surface area contributed by atoms with E-state index in [9.17, 15) is 4.79 Å². The Morgan fingerprint density at radius 3 is 2.84 bits per heavy atom. The van der Waals surface area contributed by atoms with Crippen LogP contribution in [0.1, 0.15) is 51.9 Å². The van der Waals surface area contributed by atoms with Crippen molar-refractivity contribution in [3.63, 3.8) is 0 Å². The summed E-state index contributed by atoms with van der Waals surface area (Å²) in [5.41, 5.74) is 5.60. The smallest absolute Gasteiger partial charge is 0.220 e. The molecule has 0 heterocycles. The summed E-state index contributed by atoms with van der Waals surface area (Å²) in [5.74, 6) is 4.39. The van der Waals surface area contributed by atoms with Crippen LogP contribution in [0.15, 0.2) is 0 Å². The first kappa shape index (κ1) is 13.4. The number of carbonyl (C=O) groups is 1. The highest BCUT2D eigenvalue weighted by Gasteiger charge is 2.53. The molecular formula is C16H28N2O. The Bertz CT molecular complexity index is 344.